The summed E-state index contributed by atoms with van der Waals surface area (Å²) in [7, 11) is 9.70. The molecule has 3 unspecified atom stereocenters. The summed E-state index contributed by atoms with van der Waals surface area (Å²) in [5.41, 5.74) is 3.57. The van der Waals surface area contributed by atoms with Crippen LogP contribution in [-0.2, 0) is 30.4 Å². The third kappa shape index (κ3) is 4.15. The van der Waals surface area contributed by atoms with Crippen molar-refractivity contribution in [1.29, 1.82) is 0 Å². The summed E-state index contributed by atoms with van der Waals surface area (Å²) in [6, 6.07) is 0.448. The zero-order valence-electron chi connectivity index (χ0n) is 23.3. The number of nitrogens with zero attached hydrogens (tertiary/aromatic N) is 3. The third-order valence-corrected chi connectivity index (χ3v) is 8.45. The maximum absolute atomic E-state index is 14.0. The zero-order chi connectivity index (χ0) is 30.0. The molecule has 0 aromatic heterocycles. The molecule has 4 rings (SSSR count). The Balaban J connectivity index is 1.85. The predicted molar refractivity (Wildman–Crippen MR) is 143 cm³/mol. The van der Waals surface area contributed by atoms with Gasteiger partial charge in [0.25, 0.3) is 0 Å². The van der Waals surface area contributed by atoms with E-state index >= 15 is 0 Å². The highest BCUT2D eigenvalue weighted by Crippen LogP contribution is 2.52. The van der Waals surface area contributed by atoms with Crippen molar-refractivity contribution in [2.75, 3.05) is 59.0 Å². The first-order valence-corrected chi connectivity index (χ1v) is 12.9. The molecule has 0 bridgehead atoms. The number of hydrogen-bond donors (Lipinski definition) is 4. The molecule has 1 aromatic carbocycles. The van der Waals surface area contributed by atoms with Gasteiger partial charge < -0.3 is 31.1 Å². The number of ketones is 4. The molecule has 2 saturated carbocycles. The number of Topliss-reactive ketones (excluding diaryl/α,β-unsaturated/α-hetero) is 4. The number of primary amides is 1. The van der Waals surface area contributed by atoms with Crippen molar-refractivity contribution in [3.05, 3.63) is 17.2 Å². The van der Waals surface area contributed by atoms with Crippen LogP contribution in [0.3, 0.4) is 0 Å². The number of benzene rings is 1. The number of carbonyl (C=O) groups is 6. The van der Waals surface area contributed by atoms with E-state index in [2.05, 4.69) is 5.32 Å². The lowest BCUT2D eigenvalue weighted by Gasteiger charge is -2.52. The number of carbonyl (C=O) groups excluding carboxylic acids is 6. The Bertz CT molecular complexity index is 1340. The molecule has 0 heterocycles. The normalized spacial score (nSPS) is 29.4. The maximum Gasteiger partial charge on any atom is 0.241 e. The van der Waals surface area contributed by atoms with Crippen LogP contribution in [0.5, 0.6) is 5.75 Å². The van der Waals surface area contributed by atoms with Crippen LogP contribution in [0.15, 0.2) is 6.07 Å². The van der Waals surface area contributed by atoms with E-state index in [0.717, 1.165) is 0 Å². The summed E-state index contributed by atoms with van der Waals surface area (Å²) in [4.78, 5) is 83.3. The largest absolute Gasteiger partial charge is 0.505 e. The van der Waals surface area contributed by atoms with Crippen LogP contribution in [0.2, 0.25) is 0 Å². The van der Waals surface area contributed by atoms with Gasteiger partial charge in [-0.1, -0.05) is 0 Å². The van der Waals surface area contributed by atoms with Gasteiger partial charge in [0, 0.05) is 39.8 Å². The SMILES string of the molecule is CN(C)C(=O)CNc1cc(N(C)C)c2c(c1O)C(=O)C1C(=O)[C@@]3(O)C(=O)C(C(N)=O)C(=O)C(N(C)C)[C@H]3C[C@H]1C2. The van der Waals surface area contributed by atoms with Gasteiger partial charge in [0.05, 0.1) is 29.8 Å². The Morgan fingerprint density at radius 3 is 2.23 bits per heavy atom. The first kappa shape index (κ1) is 29.2. The lowest BCUT2D eigenvalue weighted by molar-refractivity contribution is -0.181. The minimum absolute atomic E-state index is 0.0329. The Morgan fingerprint density at radius 1 is 1.07 bits per heavy atom. The molecule has 216 valence electrons. The highest BCUT2D eigenvalue weighted by Gasteiger charge is 2.69. The molecule has 0 saturated heterocycles. The van der Waals surface area contributed by atoms with Crippen molar-refractivity contribution < 1.29 is 39.0 Å². The van der Waals surface area contributed by atoms with Crippen molar-refractivity contribution in [3.63, 3.8) is 0 Å². The molecular formula is C27H35N5O8. The van der Waals surface area contributed by atoms with Crippen LogP contribution in [0.4, 0.5) is 11.4 Å². The number of aliphatic hydroxyl groups is 1. The van der Waals surface area contributed by atoms with Crippen molar-refractivity contribution in [2.45, 2.75) is 24.5 Å². The Morgan fingerprint density at radius 2 is 1.70 bits per heavy atom. The van der Waals surface area contributed by atoms with E-state index in [0.29, 0.717) is 11.3 Å². The first-order chi connectivity index (χ1) is 18.5. The number of hydrogen-bond acceptors (Lipinski definition) is 11. The first-order valence-electron chi connectivity index (χ1n) is 12.9. The molecule has 0 aliphatic heterocycles. The monoisotopic (exact) mass is 557 g/mol. The van der Waals surface area contributed by atoms with Gasteiger partial charge in [-0.15, -0.1) is 0 Å². The van der Waals surface area contributed by atoms with Gasteiger partial charge in [0.1, 0.15) is 5.75 Å². The molecule has 6 atom stereocenters. The van der Waals surface area contributed by atoms with Gasteiger partial charge in [0.15, 0.2) is 34.7 Å². The van der Waals surface area contributed by atoms with Gasteiger partial charge in [-0.3, -0.25) is 33.7 Å². The second kappa shape index (κ2) is 9.97. The van der Waals surface area contributed by atoms with Crippen molar-refractivity contribution in [1.82, 2.24) is 9.80 Å². The van der Waals surface area contributed by atoms with Gasteiger partial charge in [-0.05, 0) is 44.5 Å². The molecule has 1 aromatic rings. The van der Waals surface area contributed by atoms with Gasteiger partial charge in [0.2, 0.25) is 11.8 Å². The minimum atomic E-state index is -2.79. The summed E-state index contributed by atoms with van der Waals surface area (Å²) in [6.07, 6.45) is 0.110. The number of nitrogens with two attached hydrogens (primary N) is 1. The van der Waals surface area contributed by atoms with Gasteiger partial charge >= 0.3 is 0 Å². The standard InChI is InChI=1S/C27H35N5O8/c1-30(2)15-9-14(29-10-16(33)31(3)4)21(34)18-12(15)7-11-8-13-20(32(5)6)23(36)19(26(28)39)25(38)27(13,40)24(37)17(11)22(18)35/h9,11,13,17,19-20,29,34,40H,7-8,10H2,1-6H3,(H2,28,39)/t11-,13-,17?,19?,20?,27-/m1/s1. The molecule has 5 N–H and O–H groups in total. The summed E-state index contributed by atoms with van der Waals surface area (Å²) < 4.78 is 0. The van der Waals surface area contributed by atoms with E-state index in [-0.39, 0.29) is 36.5 Å². The highest BCUT2D eigenvalue weighted by molar-refractivity contribution is 6.32. The van der Waals surface area contributed by atoms with Crippen LogP contribution >= 0.6 is 0 Å². The van der Waals surface area contributed by atoms with Crippen LogP contribution in [0.25, 0.3) is 0 Å². The molecule has 3 aliphatic carbocycles. The predicted octanol–water partition coefficient (Wildman–Crippen LogP) is -1.57. The molecule has 13 heteroatoms. The fourth-order valence-electron chi connectivity index (χ4n) is 6.51. The van der Waals surface area contributed by atoms with Crippen molar-refractivity contribution in [2.24, 2.45) is 29.4 Å². The van der Waals surface area contributed by atoms with Crippen LogP contribution in [0.1, 0.15) is 22.3 Å². The molecule has 40 heavy (non-hydrogen) atoms. The summed E-state index contributed by atoms with van der Waals surface area (Å²) in [6.45, 7) is -0.171. The number of phenols is 1. The summed E-state index contributed by atoms with van der Waals surface area (Å²) in [5, 5.41) is 25.7. The van der Waals surface area contributed by atoms with E-state index in [1.54, 1.807) is 39.2 Å². The van der Waals surface area contributed by atoms with E-state index in [9.17, 15) is 39.0 Å². The van der Waals surface area contributed by atoms with Crippen LogP contribution in [0, 0.1) is 23.7 Å². The average Bonchev–Trinajstić information content (AvgIpc) is 2.84. The second-order valence-corrected chi connectivity index (χ2v) is 11.5. The van der Waals surface area contributed by atoms with Crippen molar-refractivity contribution in [3.8, 4) is 5.75 Å². The molecular weight excluding hydrogens is 522 g/mol. The van der Waals surface area contributed by atoms with Gasteiger partial charge in [-0.25, -0.2) is 0 Å². The van der Waals surface area contributed by atoms with E-state index in [1.165, 1.54) is 23.9 Å². The summed E-state index contributed by atoms with van der Waals surface area (Å²) in [5.74, 6) is -11.4. The molecule has 2 fully saturated rings. The Hall–Kier alpha value is -3.84. The molecule has 0 spiro atoms. The molecule has 0 radical (unpaired) electrons. The quantitative estimate of drug-likeness (QED) is 0.233. The maximum atomic E-state index is 14.0. The fourth-order valence-corrected chi connectivity index (χ4v) is 6.51. The number of fused-ring (bicyclic) bond motifs is 3. The lowest BCUT2D eigenvalue weighted by atomic mass is 9.52. The van der Waals surface area contributed by atoms with E-state index in [4.69, 9.17) is 5.73 Å². The number of nitrogens with one attached hydrogen (secondary N) is 1. The van der Waals surface area contributed by atoms with Crippen LogP contribution in [-0.4, -0.2) is 115 Å². The summed E-state index contributed by atoms with van der Waals surface area (Å²) >= 11 is 0. The van der Waals surface area contributed by atoms with Crippen LogP contribution < -0.4 is 16.0 Å². The number of amides is 2. The smallest absolute Gasteiger partial charge is 0.241 e. The minimum Gasteiger partial charge on any atom is -0.505 e. The number of rotatable bonds is 6. The van der Waals surface area contributed by atoms with E-state index < -0.39 is 70.1 Å². The fraction of sp³-hybridized carbons (Fsp3) is 0.556. The lowest BCUT2D eigenvalue weighted by Crippen LogP contribution is -2.74. The van der Waals surface area contributed by atoms with Gasteiger partial charge in [-0.2, -0.15) is 0 Å². The van der Waals surface area contributed by atoms with Crippen molar-refractivity contribution >= 4 is 46.3 Å². The third-order valence-electron chi connectivity index (χ3n) is 8.45. The molecule has 3 aliphatic rings. The number of phenolic OH excluding ortho intramolecular Hbond substituents is 1. The highest BCUT2D eigenvalue weighted by atomic mass is 16.3. The second-order valence-electron chi connectivity index (χ2n) is 11.5. The molecule has 2 amide bonds. The average molecular weight is 558 g/mol. The van der Waals surface area contributed by atoms with E-state index in [1.807, 2.05) is 0 Å². The zero-order valence-corrected chi connectivity index (χ0v) is 23.3. The topological polar surface area (TPSA) is 191 Å². The Labute approximate surface area is 231 Å². The Kier molecular flexibility index (Phi) is 7.26. The number of likely N-dealkylation sites (N-methyl/N-ethyl adjacent to an activating group) is 2. The number of anilines is 2. The molecule has 13 nitrogen and oxygen atoms in total. The number of aromatic hydroxyl groups is 1.